The van der Waals surface area contributed by atoms with Crippen LogP contribution in [0.25, 0.3) is 0 Å². The number of alkyl halides is 2. The summed E-state index contributed by atoms with van der Waals surface area (Å²) >= 11 is 0. The highest BCUT2D eigenvalue weighted by Gasteiger charge is 2.66. The highest BCUT2D eigenvalue weighted by molar-refractivity contribution is 5.91. The Labute approximate surface area is 137 Å². The lowest BCUT2D eigenvalue weighted by molar-refractivity contribution is -0.159. The normalized spacial score (nSPS) is 51.5. The lowest BCUT2D eigenvalue weighted by Crippen LogP contribution is -2.54. The Balaban J connectivity index is 1.74. The van der Waals surface area contributed by atoms with Crippen LogP contribution in [-0.4, -0.2) is 11.7 Å². The molecule has 0 aromatic carbocycles. The van der Waals surface area contributed by atoms with Crippen LogP contribution in [0.5, 0.6) is 0 Å². The highest BCUT2D eigenvalue weighted by Crippen LogP contribution is 2.69. The van der Waals surface area contributed by atoms with E-state index in [9.17, 15) is 13.6 Å². The molecule has 0 amide bonds. The van der Waals surface area contributed by atoms with Gasteiger partial charge in [-0.25, -0.2) is 8.78 Å². The van der Waals surface area contributed by atoms with Gasteiger partial charge in [-0.1, -0.05) is 26.3 Å². The third kappa shape index (κ3) is 1.91. The average Bonchev–Trinajstić information content (AvgIpc) is 2.72. The first-order chi connectivity index (χ1) is 10.7. The van der Waals surface area contributed by atoms with Crippen molar-refractivity contribution in [3.63, 3.8) is 0 Å². The topological polar surface area (TPSA) is 17.1 Å². The summed E-state index contributed by atoms with van der Waals surface area (Å²) in [7, 11) is 0. The molecule has 128 valence electrons. The summed E-state index contributed by atoms with van der Waals surface area (Å²) in [6.07, 6.45) is 6.69. The van der Waals surface area contributed by atoms with Gasteiger partial charge in [0.25, 0.3) is 5.92 Å². The molecule has 23 heavy (non-hydrogen) atoms. The van der Waals surface area contributed by atoms with Crippen LogP contribution in [0.1, 0.15) is 65.7 Å². The molecule has 0 saturated heterocycles. The van der Waals surface area contributed by atoms with Crippen LogP contribution in [-0.2, 0) is 4.79 Å². The fraction of sp³-hybridized carbons (Fsp3) is 0.850. The smallest absolute Gasteiger partial charge is 0.253 e. The maximum absolute atomic E-state index is 14.6. The largest absolute Gasteiger partial charge is 0.295 e. The van der Waals surface area contributed by atoms with Gasteiger partial charge in [-0.2, -0.15) is 0 Å². The summed E-state index contributed by atoms with van der Waals surface area (Å²) in [6, 6.07) is 0. The molecule has 0 aromatic heterocycles. The number of hydrogen-bond donors (Lipinski definition) is 0. The second-order valence-corrected chi connectivity index (χ2v) is 9.22. The molecule has 1 nitrogen and oxygen atoms in total. The summed E-state index contributed by atoms with van der Waals surface area (Å²) in [5.74, 6) is -0.778. The molecule has 0 heterocycles. The number of ketones is 1. The zero-order valence-electron chi connectivity index (χ0n) is 14.5. The predicted molar refractivity (Wildman–Crippen MR) is 86.2 cm³/mol. The molecule has 0 spiro atoms. The van der Waals surface area contributed by atoms with Crippen LogP contribution in [0.4, 0.5) is 8.78 Å². The first-order valence-electron chi connectivity index (χ1n) is 9.31. The Morgan fingerprint density at radius 2 is 1.78 bits per heavy atom. The van der Waals surface area contributed by atoms with Gasteiger partial charge in [0.05, 0.1) is 0 Å². The summed E-state index contributed by atoms with van der Waals surface area (Å²) in [5.41, 5.74) is 0.588. The van der Waals surface area contributed by atoms with Crippen molar-refractivity contribution in [2.45, 2.75) is 71.6 Å². The second-order valence-electron chi connectivity index (χ2n) is 9.22. The summed E-state index contributed by atoms with van der Waals surface area (Å²) in [6.45, 7) is 6.40. The first-order valence-corrected chi connectivity index (χ1v) is 9.31. The van der Waals surface area contributed by atoms with Crippen LogP contribution < -0.4 is 0 Å². The van der Waals surface area contributed by atoms with Crippen molar-refractivity contribution in [2.75, 3.05) is 0 Å². The molecule has 3 fully saturated rings. The number of carbonyl (C=O) groups excluding carboxylic acids is 1. The van der Waals surface area contributed by atoms with Gasteiger partial charge in [-0.3, -0.25) is 4.79 Å². The van der Waals surface area contributed by atoms with Crippen LogP contribution in [0, 0.1) is 34.5 Å². The zero-order valence-corrected chi connectivity index (χ0v) is 14.5. The van der Waals surface area contributed by atoms with Crippen LogP contribution in [0.3, 0.4) is 0 Å². The monoisotopic (exact) mass is 322 g/mol. The molecule has 0 unspecified atom stereocenters. The van der Waals surface area contributed by atoms with Crippen molar-refractivity contribution < 1.29 is 13.6 Å². The molecule has 4 rings (SSSR count). The third-order valence-electron chi connectivity index (χ3n) is 8.30. The molecule has 4 aliphatic rings. The van der Waals surface area contributed by atoms with Crippen LogP contribution in [0.15, 0.2) is 11.6 Å². The lowest BCUT2D eigenvalue weighted by atomic mass is 9.45. The molecule has 0 N–H and O–H groups in total. The summed E-state index contributed by atoms with van der Waals surface area (Å²) < 4.78 is 29.1. The molecular weight excluding hydrogens is 294 g/mol. The fourth-order valence-corrected chi connectivity index (χ4v) is 6.84. The quantitative estimate of drug-likeness (QED) is 0.583. The van der Waals surface area contributed by atoms with E-state index in [2.05, 4.69) is 13.8 Å². The van der Waals surface area contributed by atoms with Gasteiger partial charge in [-0.05, 0) is 67.3 Å². The molecule has 0 aliphatic heterocycles. The maximum atomic E-state index is 14.6. The van der Waals surface area contributed by atoms with Crippen LogP contribution in [0.2, 0.25) is 0 Å². The standard InChI is InChI=1S/C20H28F2O/c1-12-10-13-11-14(23)4-7-18(13,2)15-5-8-19(3)16(17(12)15)6-9-20(19,21)22/h11-12,15-17H,4-10H2,1-3H3/t12-,15+,16+,17-,18+,19+/m1/s1. The molecule has 3 saturated carbocycles. The van der Waals surface area contributed by atoms with Gasteiger partial charge in [0.1, 0.15) is 0 Å². The number of carbonyl (C=O) groups is 1. The number of hydrogen-bond acceptors (Lipinski definition) is 1. The van der Waals surface area contributed by atoms with Crippen molar-refractivity contribution in [1.82, 2.24) is 0 Å². The minimum Gasteiger partial charge on any atom is -0.295 e. The van der Waals surface area contributed by atoms with E-state index in [0.717, 1.165) is 19.3 Å². The van der Waals surface area contributed by atoms with Crippen molar-refractivity contribution in [2.24, 2.45) is 34.5 Å². The summed E-state index contributed by atoms with van der Waals surface area (Å²) in [4.78, 5) is 11.9. The van der Waals surface area contributed by atoms with Gasteiger partial charge in [0.15, 0.2) is 5.78 Å². The van der Waals surface area contributed by atoms with E-state index in [1.807, 2.05) is 13.0 Å². The Morgan fingerprint density at radius 1 is 1.09 bits per heavy atom. The molecule has 0 radical (unpaired) electrons. The highest BCUT2D eigenvalue weighted by atomic mass is 19.3. The molecular formula is C20H28F2O. The van der Waals surface area contributed by atoms with E-state index < -0.39 is 11.3 Å². The van der Waals surface area contributed by atoms with Gasteiger partial charge < -0.3 is 0 Å². The van der Waals surface area contributed by atoms with E-state index in [1.54, 1.807) is 0 Å². The second kappa shape index (κ2) is 4.67. The minimum absolute atomic E-state index is 0.0714. The summed E-state index contributed by atoms with van der Waals surface area (Å²) in [5, 5.41) is 0. The predicted octanol–water partition coefficient (Wildman–Crippen LogP) is 5.40. The van der Waals surface area contributed by atoms with E-state index in [-0.39, 0.29) is 23.5 Å². The fourth-order valence-electron chi connectivity index (χ4n) is 6.84. The average molecular weight is 322 g/mol. The lowest BCUT2D eigenvalue weighted by Gasteiger charge is -2.59. The Bertz CT molecular complexity index is 580. The van der Waals surface area contributed by atoms with E-state index in [0.29, 0.717) is 37.0 Å². The van der Waals surface area contributed by atoms with Gasteiger partial charge in [0, 0.05) is 18.3 Å². The van der Waals surface area contributed by atoms with Crippen molar-refractivity contribution in [1.29, 1.82) is 0 Å². The minimum atomic E-state index is -2.50. The Kier molecular flexibility index (Phi) is 3.20. The van der Waals surface area contributed by atoms with Crippen LogP contribution >= 0.6 is 0 Å². The Morgan fingerprint density at radius 3 is 2.52 bits per heavy atom. The molecule has 4 aliphatic carbocycles. The van der Waals surface area contributed by atoms with Crippen molar-refractivity contribution >= 4 is 5.78 Å². The number of halogens is 2. The van der Waals surface area contributed by atoms with Crippen molar-refractivity contribution in [3.8, 4) is 0 Å². The van der Waals surface area contributed by atoms with Gasteiger partial charge >= 0.3 is 0 Å². The zero-order chi connectivity index (χ0) is 16.6. The van der Waals surface area contributed by atoms with E-state index in [4.69, 9.17) is 0 Å². The van der Waals surface area contributed by atoms with E-state index in [1.165, 1.54) is 5.57 Å². The van der Waals surface area contributed by atoms with Gasteiger partial charge in [-0.15, -0.1) is 0 Å². The SMILES string of the molecule is C[C@@H]1CC2=CC(=O)CC[C@]2(C)[C@H]2CC[C@@]3(C)[C@@H](CCC3(F)F)[C@H]12. The maximum Gasteiger partial charge on any atom is 0.253 e. The first kappa shape index (κ1) is 15.8. The molecule has 6 atom stereocenters. The third-order valence-corrected chi connectivity index (χ3v) is 8.30. The molecule has 3 heteroatoms. The van der Waals surface area contributed by atoms with Crippen molar-refractivity contribution in [3.05, 3.63) is 11.6 Å². The molecule has 0 bridgehead atoms. The van der Waals surface area contributed by atoms with E-state index >= 15 is 0 Å². The number of rotatable bonds is 0. The number of allylic oxidation sites excluding steroid dienone is 1. The molecule has 0 aromatic rings. The number of fused-ring (bicyclic) bond motifs is 5. The van der Waals surface area contributed by atoms with Gasteiger partial charge in [0.2, 0.25) is 0 Å². The Hall–Kier alpha value is -0.730.